The van der Waals surface area contributed by atoms with E-state index in [4.69, 9.17) is 0 Å². The molecule has 0 spiro atoms. The van der Waals surface area contributed by atoms with Crippen LogP contribution < -0.4 is 10.6 Å². The summed E-state index contributed by atoms with van der Waals surface area (Å²) in [5, 5.41) is 14.3. The van der Waals surface area contributed by atoms with Gasteiger partial charge < -0.3 is 15.4 Å². The SMILES string of the molecule is COC(=O)CNC(=O)CSc1nnc(Nc2ccc(C)cc2)s1. The van der Waals surface area contributed by atoms with E-state index in [1.165, 1.54) is 35.8 Å². The van der Waals surface area contributed by atoms with Gasteiger partial charge in [-0.3, -0.25) is 9.59 Å². The molecule has 0 atom stereocenters. The molecule has 2 aromatic rings. The Bertz CT molecular complexity index is 673. The fraction of sp³-hybridized carbons (Fsp3) is 0.286. The molecule has 0 aliphatic heterocycles. The van der Waals surface area contributed by atoms with Gasteiger partial charge in [-0.1, -0.05) is 40.8 Å². The maximum atomic E-state index is 11.6. The smallest absolute Gasteiger partial charge is 0.325 e. The second-order valence-electron chi connectivity index (χ2n) is 4.51. The van der Waals surface area contributed by atoms with Gasteiger partial charge in [-0.2, -0.15) is 0 Å². The number of nitrogens with zero attached hydrogens (tertiary/aromatic N) is 2. The first kappa shape index (κ1) is 17.2. The van der Waals surface area contributed by atoms with Gasteiger partial charge in [0.2, 0.25) is 11.0 Å². The Balaban J connectivity index is 1.79. The molecule has 2 N–H and O–H groups in total. The maximum Gasteiger partial charge on any atom is 0.325 e. The number of ether oxygens (including phenoxy) is 1. The number of methoxy groups -OCH3 is 1. The van der Waals surface area contributed by atoms with Gasteiger partial charge in [0.15, 0.2) is 4.34 Å². The molecule has 0 saturated carbocycles. The van der Waals surface area contributed by atoms with E-state index in [1.54, 1.807) is 0 Å². The average molecular weight is 352 g/mol. The lowest BCUT2D eigenvalue weighted by Gasteiger charge is -2.02. The number of thioether (sulfide) groups is 1. The Hall–Kier alpha value is -2.13. The van der Waals surface area contributed by atoms with Crippen molar-refractivity contribution in [2.24, 2.45) is 0 Å². The van der Waals surface area contributed by atoms with Crippen molar-refractivity contribution in [3.8, 4) is 0 Å². The zero-order valence-electron chi connectivity index (χ0n) is 12.7. The van der Waals surface area contributed by atoms with Crippen molar-refractivity contribution in [1.82, 2.24) is 15.5 Å². The Morgan fingerprint density at radius 2 is 2.00 bits per heavy atom. The highest BCUT2D eigenvalue weighted by molar-refractivity contribution is 8.01. The molecule has 0 aliphatic carbocycles. The van der Waals surface area contributed by atoms with E-state index in [2.05, 4.69) is 25.6 Å². The quantitative estimate of drug-likeness (QED) is 0.581. The van der Waals surface area contributed by atoms with E-state index < -0.39 is 5.97 Å². The summed E-state index contributed by atoms with van der Waals surface area (Å²) in [6.45, 7) is 1.89. The molecule has 122 valence electrons. The van der Waals surface area contributed by atoms with E-state index >= 15 is 0 Å². The van der Waals surface area contributed by atoms with Crippen LogP contribution in [0.15, 0.2) is 28.6 Å². The van der Waals surface area contributed by atoms with Crippen LogP contribution in [0.25, 0.3) is 0 Å². The van der Waals surface area contributed by atoms with E-state index in [1.807, 2.05) is 31.2 Å². The number of hydrogen-bond acceptors (Lipinski definition) is 8. The number of benzene rings is 1. The van der Waals surface area contributed by atoms with Crippen molar-refractivity contribution in [2.75, 3.05) is 24.7 Å². The van der Waals surface area contributed by atoms with Crippen LogP contribution in [-0.2, 0) is 14.3 Å². The number of amides is 1. The Morgan fingerprint density at radius 3 is 2.70 bits per heavy atom. The predicted octanol–water partition coefficient (Wildman–Crippen LogP) is 1.97. The summed E-state index contributed by atoms with van der Waals surface area (Å²) >= 11 is 2.62. The van der Waals surface area contributed by atoms with Crippen molar-refractivity contribution in [2.45, 2.75) is 11.3 Å². The highest BCUT2D eigenvalue weighted by Crippen LogP contribution is 2.27. The van der Waals surface area contributed by atoms with Crippen LogP contribution >= 0.6 is 23.1 Å². The summed E-state index contributed by atoms with van der Waals surface area (Å²) in [5.74, 6) is -0.580. The minimum absolute atomic E-state index is 0.133. The third-order valence-electron chi connectivity index (χ3n) is 2.69. The van der Waals surface area contributed by atoms with E-state index in [0.717, 1.165) is 5.69 Å². The number of hydrogen-bond donors (Lipinski definition) is 2. The zero-order chi connectivity index (χ0) is 16.7. The number of aryl methyl sites for hydroxylation is 1. The Labute approximate surface area is 141 Å². The molecule has 23 heavy (non-hydrogen) atoms. The molecular weight excluding hydrogens is 336 g/mol. The second-order valence-corrected chi connectivity index (χ2v) is 6.71. The average Bonchev–Trinajstić information content (AvgIpc) is 3.00. The van der Waals surface area contributed by atoms with Gasteiger partial charge in [0.05, 0.1) is 12.9 Å². The Morgan fingerprint density at radius 1 is 1.26 bits per heavy atom. The van der Waals surface area contributed by atoms with Gasteiger partial charge in [0.1, 0.15) is 6.54 Å². The van der Waals surface area contributed by atoms with Gasteiger partial charge in [-0.05, 0) is 19.1 Å². The minimum Gasteiger partial charge on any atom is -0.468 e. The fourth-order valence-corrected chi connectivity index (χ4v) is 3.10. The van der Waals surface area contributed by atoms with Crippen LogP contribution in [0.2, 0.25) is 0 Å². The van der Waals surface area contributed by atoms with Crippen molar-refractivity contribution in [1.29, 1.82) is 0 Å². The predicted molar refractivity (Wildman–Crippen MR) is 90.1 cm³/mol. The first-order valence-corrected chi connectivity index (χ1v) is 8.50. The third-order valence-corrected chi connectivity index (χ3v) is 4.67. The molecule has 2 rings (SSSR count). The fourth-order valence-electron chi connectivity index (χ4n) is 1.50. The van der Waals surface area contributed by atoms with Crippen LogP contribution in [0.1, 0.15) is 5.56 Å². The zero-order valence-corrected chi connectivity index (χ0v) is 14.3. The first-order valence-electron chi connectivity index (χ1n) is 6.70. The second kappa shape index (κ2) is 8.49. The molecule has 0 fully saturated rings. The summed E-state index contributed by atoms with van der Waals surface area (Å²) < 4.78 is 5.12. The first-order chi connectivity index (χ1) is 11.1. The maximum absolute atomic E-state index is 11.6. The molecule has 0 radical (unpaired) electrons. The van der Waals surface area contributed by atoms with Crippen LogP contribution in [-0.4, -0.2) is 41.5 Å². The van der Waals surface area contributed by atoms with Crippen LogP contribution in [0.4, 0.5) is 10.8 Å². The third kappa shape index (κ3) is 5.87. The summed E-state index contributed by atoms with van der Waals surface area (Å²) in [7, 11) is 1.27. The molecule has 0 bridgehead atoms. The number of anilines is 2. The lowest BCUT2D eigenvalue weighted by Crippen LogP contribution is -2.31. The standard InChI is InChI=1S/C14H16N4O3S2/c1-9-3-5-10(6-4-9)16-13-17-18-14(23-13)22-8-11(19)15-7-12(20)21-2/h3-6H,7-8H2,1-2H3,(H,15,19)(H,16,17). The normalized spacial score (nSPS) is 10.2. The van der Waals surface area contributed by atoms with Crippen molar-refractivity contribution in [3.63, 3.8) is 0 Å². The lowest BCUT2D eigenvalue weighted by molar-refractivity contribution is -0.140. The van der Waals surface area contributed by atoms with Crippen LogP contribution in [0, 0.1) is 6.92 Å². The number of carbonyl (C=O) groups excluding carboxylic acids is 2. The topological polar surface area (TPSA) is 93.2 Å². The molecular formula is C14H16N4O3S2. The van der Waals surface area contributed by atoms with E-state index in [-0.39, 0.29) is 18.2 Å². The van der Waals surface area contributed by atoms with Gasteiger partial charge in [-0.15, -0.1) is 10.2 Å². The molecule has 0 saturated heterocycles. The van der Waals surface area contributed by atoms with Crippen LogP contribution in [0.5, 0.6) is 0 Å². The summed E-state index contributed by atoms with van der Waals surface area (Å²) in [6, 6.07) is 7.93. The lowest BCUT2D eigenvalue weighted by atomic mass is 10.2. The molecule has 1 aromatic carbocycles. The molecule has 7 nitrogen and oxygen atoms in total. The Kier molecular flexibility index (Phi) is 6.36. The molecule has 1 amide bonds. The monoisotopic (exact) mass is 352 g/mol. The molecule has 1 heterocycles. The van der Waals surface area contributed by atoms with Gasteiger partial charge in [0, 0.05) is 5.69 Å². The number of rotatable bonds is 7. The van der Waals surface area contributed by atoms with Crippen molar-refractivity contribution in [3.05, 3.63) is 29.8 Å². The van der Waals surface area contributed by atoms with E-state index in [0.29, 0.717) is 9.47 Å². The molecule has 0 unspecified atom stereocenters. The summed E-state index contributed by atoms with van der Waals surface area (Å²) in [5.41, 5.74) is 2.11. The van der Waals surface area contributed by atoms with Gasteiger partial charge in [0.25, 0.3) is 0 Å². The van der Waals surface area contributed by atoms with Gasteiger partial charge >= 0.3 is 5.97 Å². The number of carbonyl (C=O) groups is 2. The molecule has 0 aliphatic rings. The van der Waals surface area contributed by atoms with E-state index in [9.17, 15) is 9.59 Å². The van der Waals surface area contributed by atoms with Crippen molar-refractivity contribution < 1.29 is 14.3 Å². The number of aromatic nitrogens is 2. The minimum atomic E-state index is -0.483. The van der Waals surface area contributed by atoms with Crippen molar-refractivity contribution >= 4 is 45.8 Å². The largest absolute Gasteiger partial charge is 0.468 e. The summed E-state index contributed by atoms with van der Waals surface area (Å²) in [6.07, 6.45) is 0. The number of esters is 1. The number of nitrogens with one attached hydrogen (secondary N) is 2. The summed E-state index contributed by atoms with van der Waals surface area (Å²) in [4.78, 5) is 22.5. The molecule has 9 heteroatoms. The van der Waals surface area contributed by atoms with Crippen LogP contribution in [0.3, 0.4) is 0 Å². The highest BCUT2D eigenvalue weighted by Gasteiger charge is 2.09. The highest BCUT2D eigenvalue weighted by atomic mass is 32.2. The molecule has 1 aromatic heterocycles. The van der Waals surface area contributed by atoms with Gasteiger partial charge in [-0.25, -0.2) is 0 Å².